The molecule has 7 heteroatoms. The van der Waals surface area contributed by atoms with Crippen LogP contribution >= 0.6 is 0 Å². The van der Waals surface area contributed by atoms with Gasteiger partial charge >= 0.3 is 0 Å². The van der Waals surface area contributed by atoms with Crippen LogP contribution in [0, 0.1) is 5.92 Å². The molecule has 22 heavy (non-hydrogen) atoms. The number of hydrogen-bond acceptors (Lipinski definition) is 4. The van der Waals surface area contributed by atoms with Gasteiger partial charge in [0, 0.05) is 12.1 Å². The van der Waals surface area contributed by atoms with Gasteiger partial charge in [-0.2, -0.15) is 0 Å². The summed E-state index contributed by atoms with van der Waals surface area (Å²) in [5.74, 6) is 0.462. The summed E-state index contributed by atoms with van der Waals surface area (Å²) in [6, 6.07) is 6.58. The van der Waals surface area contributed by atoms with Gasteiger partial charge in [-0.15, -0.1) is 0 Å². The van der Waals surface area contributed by atoms with E-state index in [-0.39, 0.29) is 24.4 Å². The van der Waals surface area contributed by atoms with E-state index in [9.17, 15) is 13.2 Å². The van der Waals surface area contributed by atoms with E-state index >= 15 is 0 Å². The molecule has 0 bridgehead atoms. The predicted octanol–water partition coefficient (Wildman–Crippen LogP) is 1.62. The summed E-state index contributed by atoms with van der Waals surface area (Å²) in [6.07, 6.45) is 1.08. The monoisotopic (exact) mass is 328 g/mol. The van der Waals surface area contributed by atoms with Crippen molar-refractivity contribution in [3.05, 3.63) is 24.3 Å². The van der Waals surface area contributed by atoms with E-state index < -0.39 is 10.0 Å². The van der Waals surface area contributed by atoms with Crippen LogP contribution in [-0.2, 0) is 14.8 Å². The van der Waals surface area contributed by atoms with Gasteiger partial charge in [0.05, 0.1) is 19.1 Å². The van der Waals surface area contributed by atoms with Crippen molar-refractivity contribution in [2.24, 2.45) is 5.92 Å². The molecule has 0 aliphatic rings. The first-order valence-corrected chi connectivity index (χ1v) is 8.91. The molecule has 1 aromatic carbocycles. The Bertz CT molecular complexity index is 614. The highest BCUT2D eigenvalue weighted by atomic mass is 32.2. The van der Waals surface area contributed by atoms with Crippen molar-refractivity contribution < 1.29 is 17.9 Å². The first-order valence-electron chi connectivity index (χ1n) is 7.06. The number of carbonyl (C=O) groups is 1. The smallest absolute Gasteiger partial charge is 0.240 e. The molecule has 0 aliphatic carbocycles. The van der Waals surface area contributed by atoms with Crippen molar-refractivity contribution in [1.82, 2.24) is 5.32 Å². The number of hydrogen-bond donors (Lipinski definition) is 1. The Morgan fingerprint density at radius 2 is 1.95 bits per heavy atom. The second-order valence-electron chi connectivity index (χ2n) is 5.57. The van der Waals surface area contributed by atoms with E-state index in [2.05, 4.69) is 5.32 Å². The van der Waals surface area contributed by atoms with Gasteiger partial charge in [-0.3, -0.25) is 9.10 Å². The second kappa shape index (κ2) is 7.49. The molecule has 1 amide bonds. The maximum absolute atomic E-state index is 12.1. The molecule has 124 valence electrons. The lowest BCUT2D eigenvalue weighted by Gasteiger charge is -2.24. The third kappa shape index (κ3) is 5.22. The summed E-state index contributed by atoms with van der Waals surface area (Å²) in [5.41, 5.74) is 0.397. The molecule has 1 rings (SSSR count). The number of anilines is 1. The zero-order valence-electron chi connectivity index (χ0n) is 13.7. The molecule has 0 fully saturated rings. The van der Waals surface area contributed by atoms with Crippen molar-refractivity contribution in [3.8, 4) is 5.75 Å². The Morgan fingerprint density at radius 1 is 1.32 bits per heavy atom. The standard InChI is InChI=1S/C15H24N2O4S/c1-11(2)12(3)16-15(18)10-17(22(5,19)20)13-7-6-8-14(9-13)21-4/h6-9,11-12H,10H2,1-5H3,(H,16,18)/t12-/m1/s1. The first-order chi connectivity index (χ1) is 10.1. The van der Waals surface area contributed by atoms with Crippen molar-refractivity contribution >= 4 is 21.6 Å². The van der Waals surface area contributed by atoms with Gasteiger partial charge < -0.3 is 10.1 Å². The minimum Gasteiger partial charge on any atom is -0.497 e. The SMILES string of the molecule is COc1cccc(N(CC(=O)N[C@H](C)C(C)C)S(C)(=O)=O)c1. The van der Waals surface area contributed by atoms with Gasteiger partial charge in [0.25, 0.3) is 0 Å². The third-order valence-corrected chi connectivity index (χ3v) is 4.56. The summed E-state index contributed by atoms with van der Waals surface area (Å²) >= 11 is 0. The average Bonchev–Trinajstić information content (AvgIpc) is 2.43. The zero-order valence-corrected chi connectivity index (χ0v) is 14.5. The fourth-order valence-corrected chi connectivity index (χ4v) is 2.61. The summed E-state index contributed by atoms with van der Waals surface area (Å²) in [5, 5.41) is 2.80. The maximum Gasteiger partial charge on any atom is 0.240 e. The van der Waals surface area contributed by atoms with Gasteiger partial charge in [0.2, 0.25) is 15.9 Å². The minimum atomic E-state index is -3.58. The molecule has 0 aliphatic heterocycles. The Morgan fingerprint density at radius 3 is 2.45 bits per heavy atom. The van der Waals surface area contributed by atoms with Crippen LogP contribution in [-0.4, -0.2) is 40.3 Å². The lowest BCUT2D eigenvalue weighted by atomic mass is 10.1. The van der Waals surface area contributed by atoms with Gasteiger partial charge in [-0.1, -0.05) is 19.9 Å². The van der Waals surface area contributed by atoms with Gasteiger partial charge in [-0.05, 0) is 25.0 Å². The zero-order chi connectivity index (χ0) is 16.9. The van der Waals surface area contributed by atoms with Crippen LogP contribution in [0.5, 0.6) is 5.75 Å². The van der Waals surface area contributed by atoms with Crippen LogP contribution in [0.4, 0.5) is 5.69 Å². The number of benzene rings is 1. The van der Waals surface area contributed by atoms with E-state index in [0.29, 0.717) is 11.4 Å². The van der Waals surface area contributed by atoms with Crippen molar-refractivity contribution in [2.45, 2.75) is 26.8 Å². The second-order valence-corrected chi connectivity index (χ2v) is 7.48. The Balaban J connectivity index is 2.98. The van der Waals surface area contributed by atoms with E-state index in [0.717, 1.165) is 10.6 Å². The minimum absolute atomic E-state index is 0.0285. The fraction of sp³-hybridized carbons (Fsp3) is 0.533. The number of nitrogens with zero attached hydrogens (tertiary/aromatic N) is 1. The molecule has 1 N–H and O–H groups in total. The molecule has 1 aromatic rings. The highest BCUT2D eigenvalue weighted by molar-refractivity contribution is 7.92. The molecule has 0 saturated heterocycles. The molecular formula is C15H24N2O4S. The van der Waals surface area contributed by atoms with Gasteiger partial charge in [-0.25, -0.2) is 8.42 Å². The molecule has 0 unspecified atom stereocenters. The number of methoxy groups -OCH3 is 1. The Labute approximate surface area is 132 Å². The molecule has 1 atom stereocenters. The van der Waals surface area contributed by atoms with Crippen LogP contribution in [0.1, 0.15) is 20.8 Å². The van der Waals surface area contributed by atoms with Crippen LogP contribution in [0.25, 0.3) is 0 Å². The largest absolute Gasteiger partial charge is 0.497 e. The van der Waals surface area contributed by atoms with Gasteiger partial charge in [0.1, 0.15) is 12.3 Å². The van der Waals surface area contributed by atoms with E-state index in [1.165, 1.54) is 7.11 Å². The van der Waals surface area contributed by atoms with Gasteiger partial charge in [0.15, 0.2) is 0 Å². The number of carbonyl (C=O) groups excluding carboxylic acids is 1. The molecule has 0 radical (unpaired) electrons. The quantitative estimate of drug-likeness (QED) is 0.825. The first kappa shape index (κ1) is 18.3. The number of sulfonamides is 1. The number of amides is 1. The summed E-state index contributed by atoms with van der Waals surface area (Å²) in [6.45, 7) is 5.60. The van der Waals surface area contributed by atoms with Crippen LogP contribution in [0.2, 0.25) is 0 Å². The Hall–Kier alpha value is -1.76. The Kier molecular flexibility index (Phi) is 6.22. The number of nitrogens with one attached hydrogen (secondary N) is 1. The van der Waals surface area contributed by atoms with Crippen molar-refractivity contribution in [3.63, 3.8) is 0 Å². The topological polar surface area (TPSA) is 75.7 Å². The average molecular weight is 328 g/mol. The number of rotatable bonds is 7. The molecule has 0 aromatic heterocycles. The van der Waals surface area contributed by atoms with Crippen molar-refractivity contribution in [1.29, 1.82) is 0 Å². The normalized spacial score (nSPS) is 12.8. The highest BCUT2D eigenvalue weighted by Crippen LogP contribution is 2.22. The molecule has 0 heterocycles. The molecular weight excluding hydrogens is 304 g/mol. The molecule has 0 saturated carbocycles. The van der Waals surface area contributed by atoms with Crippen molar-refractivity contribution in [2.75, 3.05) is 24.2 Å². The lowest BCUT2D eigenvalue weighted by Crippen LogP contribution is -2.44. The van der Waals surface area contributed by atoms with Crippen LogP contribution < -0.4 is 14.4 Å². The molecule has 0 spiro atoms. The maximum atomic E-state index is 12.1. The summed E-state index contributed by atoms with van der Waals surface area (Å²) < 4.78 is 30.1. The van der Waals surface area contributed by atoms with Crippen LogP contribution in [0.3, 0.4) is 0 Å². The summed E-state index contributed by atoms with van der Waals surface area (Å²) in [7, 11) is -2.08. The predicted molar refractivity (Wildman–Crippen MR) is 87.6 cm³/mol. The highest BCUT2D eigenvalue weighted by Gasteiger charge is 2.22. The molecule has 6 nitrogen and oxygen atoms in total. The summed E-state index contributed by atoms with van der Waals surface area (Å²) in [4.78, 5) is 12.1. The lowest BCUT2D eigenvalue weighted by molar-refractivity contribution is -0.120. The van der Waals surface area contributed by atoms with E-state index in [4.69, 9.17) is 4.74 Å². The van der Waals surface area contributed by atoms with E-state index in [1.807, 2.05) is 20.8 Å². The van der Waals surface area contributed by atoms with E-state index in [1.54, 1.807) is 24.3 Å². The number of ether oxygens (including phenoxy) is 1. The fourth-order valence-electron chi connectivity index (χ4n) is 1.76. The van der Waals surface area contributed by atoms with Crippen LogP contribution in [0.15, 0.2) is 24.3 Å². The third-order valence-electron chi connectivity index (χ3n) is 3.42.